The quantitative estimate of drug-likeness (QED) is 0.839. The summed E-state index contributed by atoms with van der Waals surface area (Å²) in [4.78, 5) is 0. The number of benzene rings is 2. The summed E-state index contributed by atoms with van der Waals surface area (Å²) in [5.74, 6) is 1.10. The molecule has 4 nitrogen and oxygen atoms in total. The lowest BCUT2D eigenvalue weighted by molar-refractivity contribution is -0.0484. The molecule has 2 aromatic rings. The summed E-state index contributed by atoms with van der Waals surface area (Å²) in [7, 11) is 0. The van der Waals surface area contributed by atoms with E-state index in [9.17, 15) is 5.26 Å². The van der Waals surface area contributed by atoms with Gasteiger partial charge in [-0.1, -0.05) is 30.3 Å². The Kier molecular flexibility index (Phi) is 5.39. The maximum atomic E-state index is 9.38. The Hall–Kier alpha value is -2.35. The van der Waals surface area contributed by atoms with Crippen LogP contribution in [0.1, 0.15) is 61.8 Å². The van der Waals surface area contributed by atoms with Crippen LogP contribution >= 0.6 is 0 Å². The normalized spacial score (nSPS) is 27.1. The lowest BCUT2D eigenvalue weighted by Crippen LogP contribution is -2.48. The van der Waals surface area contributed by atoms with Crippen molar-refractivity contribution in [3.63, 3.8) is 0 Å². The Morgan fingerprint density at radius 1 is 1.21 bits per heavy atom. The van der Waals surface area contributed by atoms with E-state index < -0.39 is 0 Å². The van der Waals surface area contributed by atoms with Crippen molar-refractivity contribution in [2.45, 2.75) is 56.8 Å². The fraction of sp³-hybridized carbons (Fsp3) is 0.458. The van der Waals surface area contributed by atoms with Crippen LogP contribution in [0.5, 0.6) is 5.75 Å². The van der Waals surface area contributed by atoms with E-state index in [-0.39, 0.29) is 23.7 Å². The monoisotopic (exact) mass is 376 g/mol. The summed E-state index contributed by atoms with van der Waals surface area (Å²) < 4.78 is 12.6. The third-order valence-electron chi connectivity index (χ3n) is 5.89. The molecule has 0 amide bonds. The highest BCUT2D eigenvalue weighted by molar-refractivity contribution is 5.45. The van der Waals surface area contributed by atoms with E-state index in [2.05, 4.69) is 41.7 Å². The first kappa shape index (κ1) is 19.0. The number of nitrogens with zero attached hydrogens (tertiary/aromatic N) is 1. The molecule has 1 spiro atoms. The van der Waals surface area contributed by atoms with Crippen LogP contribution in [0.2, 0.25) is 0 Å². The number of rotatable bonds is 4. The minimum atomic E-state index is -0.206. The van der Waals surface area contributed by atoms with E-state index in [1.807, 2.05) is 32.0 Å². The molecule has 0 radical (unpaired) electrons. The van der Waals surface area contributed by atoms with Crippen molar-refractivity contribution in [3.05, 3.63) is 65.2 Å². The minimum Gasteiger partial charge on any atom is -0.491 e. The highest BCUT2D eigenvalue weighted by Crippen LogP contribution is 2.49. The van der Waals surface area contributed by atoms with Crippen molar-refractivity contribution in [1.29, 1.82) is 5.26 Å². The predicted molar refractivity (Wildman–Crippen MR) is 109 cm³/mol. The summed E-state index contributed by atoms with van der Waals surface area (Å²) in [6.07, 6.45) is 3.19. The zero-order valence-corrected chi connectivity index (χ0v) is 16.7. The Morgan fingerprint density at radius 2 is 2.04 bits per heavy atom. The van der Waals surface area contributed by atoms with Crippen LogP contribution in [0.3, 0.4) is 0 Å². The van der Waals surface area contributed by atoms with E-state index in [1.165, 1.54) is 5.56 Å². The second-order valence-corrected chi connectivity index (χ2v) is 8.21. The average Bonchev–Trinajstić information content (AvgIpc) is 3.13. The fourth-order valence-corrected chi connectivity index (χ4v) is 4.71. The molecule has 4 heteroatoms. The van der Waals surface area contributed by atoms with Crippen LogP contribution in [-0.2, 0) is 4.74 Å². The molecule has 0 aromatic heterocycles. The van der Waals surface area contributed by atoms with Crippen molar-refractivity contribution < 1.29 is 9.47 Å². The first-order valence-corrected chi connectivity index (χ1v) is 10.2. The summed E-state index contributed by atoms with van der Waals surface area (Å²) in [5.41, 5.74) is 2.85. The second kappa shape index (κ2) is 7.95. The van der Waals surface area contributed by atoms with Gasteiger partial charge in [-0.05, 0) is 63.4 Å². The summed E-state index contributed by atoms with van der Waals surface area (Å²) in [6.45, 7) is 5.74. The Morgan fingerprint density at radius 3 is 2.79 bits per heavy atom. The molecule has 2 aromatic carbocycles. The zero-order chi connectivity index (χ0) is 19.6. The number of nitrogens with one attached hydrogen (secondary N) is 1. The van der Waals surface area contributed by atoms with E-state index in [0.29, 0.717) is 12.2 Å². The van der Waals surface area contributed by atoms with Crippen LogP contribution in [0.15, 0.2) is 48.5 Å². The fourth-order valence-electron chi connectivity index (χ4n) is 4.71. The van der Waals surface area contributed by atoms with Gasteiger partial charge in [0.1, 0.15) is 5.75 Å². The third-order valence-corrected chi connectivity index (χ3v) is 5.89. The second-order valence-electron chi connectivity index (χ2n) is 8.21. The summed E-state index contributed by atoms with van der Waals surface area (Å²) >= 11 is 0. The molecule has 2 saturated heterocycles. The number of piperidine rings is 1. The highest BCUT2D eigenvalue weighted by atomic mass is 16.5. The van der Waals surface area contributed by atoms with Gasteiger partial charge in [0.05, 0.1) is 36.0 Å². The van der Waals surface area contributed by atoms with Gasteiger partial charge < -0.3 is 14.8 Å². The van der Waals surface area contributed by atoms with Crippen LogP contribution < -0.4 is 10.1 Å². The molecule has 0 unspecified atom stereocenters. The van der Waals surface area contributed by atoms with Crippen molar-refractivity contribution >= 4 is 0 Å². The van der Waals surface area contributed by atoms with Gasteiger partial charge in [0.2, 0.25) is 0 Å². The Bertz CT molecular complexity index is 859. The SMILES string of the molecule is CC(C)Oc1ccc(C#N)cc1[C@H]1CO[C@]2(CCCN[C@H]2c2ccccc2)C1. The summed E-state index contributed by atoms with van der Waals surface area (Å²) in [6, 6.07) is 18.8. The van der Waals surface area contributed by atoms with Gasteiger partial charge in [0.15, 0.2) is 0 Å². The molecule has 146 valence electrons. The Labute approximate surface area is 167 Å². The molecule has 28 heavy (non-hydrogen) atoms. The molecule has 2 aliphatic rings. The smallest absolute Gasteiger partial charge is 0.123 e. The molecule has 3 atom stereocenters. The topological polar surface area (TPSA) is 54.3 Å². The lowest BCUT2D eigenvalue weighted by atomic mass is 9.76. The van der Waals surface area contributed by atoms with Crippen LogP contribution in [0.25, 0.3) is 0 Å². The standard InChI is InChI=1S/C24H28N2O2/c1-17(2)28-22-10-9-18(15-25)13-21(22)20-14-24(27-16-20)11-6-12-26-23(24)19-7-4-3-5-8-19/h3-5,7-10,13,17,20,23,26H,6,11-12,14,16H2,1-2H3/t20-,23+,24-/m1/s1. The van der Waals surface area contributed by atoms with Crippen LogP contribution in [-0.4, -0.2) is 24.9 Å². The number of hydrogen-bond donors (Lipinski definition) is 1. The largest absolute Gasteiger partial charge is 0.491 e. The van der Waals surface area contributed by atoms with E-state index in [4.69, 9.17) is 9.47 Å². The minimum absolute atomic E-state index is 0.0939. The molecule has 4 rings (SSSR count). The maximum Gasteiger partial charge on any atom is 0.123 e. The maximum absolute atomic E-state index is 9.38. The summed E-state index contributed by atoms with van der Waals surface area (Å²) in [5, 5.41) is 13.1. The predicted octanol–water partition coefficient (Wildman–Crippen LogP) is 4.71. The van der Waals surface area contributed by atoms with Crippen LogP contribution in [0, 0.1) is 11.3 Å². The third kappa shape index (κ3) is 3.65. The molecule has 0 bridgehead atoms. The lowest BCUT2D eigenvalue weighted by Gasteiger charge is -2.41. The van der Waals surface area contributed by atoms with Gasteiger partial charge in [-0.15, -0.1) is 0 Å². The first-order chi connectivity index (χ1) is 13.6. The molecule has 2 fully saturated rings. The number of ether oxygens (including phenoxy) is 2. The number of hydrogen-bond acceptors (Lipinski definition) is 4. The van der Waals surface area contributed by atoms with Crippen molar-refractivity contribution in [1.82, 2.24) is 5.32 Å². The molecular weight excluding hydrogens is 348 g/mol. The van der Waals surface area contributed by atoms with Gasteiger partial charge in [0, 0.05) is 11.5 Å². The van der Waals surface area contributed by atoms with Crippen molar-refractivity contribution in [3.8, 4) is 11.8 Å². The molecular formula is C24H28N2O2. The molecule has 0 aliphatic carbocycles. The first-order valence-electron chi connectivity index (χ1n) is 10.2. The van der Waals surface area contributed by atoms with Gasteiger partial charge >= 0.3 is 0 Å². The zero-order valence-electron chi connectivity index (χ0n) is 16.7. The van der Waals surface area contributed by atoms with Gasteiger partial charge in [-0.3, -0.25) is 0 Å². The van der Waals surface area contributed by atoms with Gasteiger partial charge in [-0.2, -0.15) is 5.26 Å². The average molecular weight is 376 g/mol. The van der Waals surface area contributed by atoms with Gasteiger partial charge in [0.25, 0.3) is 0 Å². The molecule has 2 heterocycles. The Balaban J connectivity index is 1.65. The van der Waals surface area contributed by atoms with Crippen molar-refractivity contribution in [2.24, 2.45) is 0 Å². The van der Waals surface area contributed by atoms with E-state index >= 15 is 0 Å². The van der Waals surface area contributed by atoms with Crippen molar-refractivity contribution in [2.75, 3.05) is 13.2 Å². The van der Waals surface area contributed by atoms with Gasteiger partial charge in [-0.25, -0.2) is 0 Å². The molecule has 1 N–H and O–H groups in total. The van der Waals surface area contributed by atoms with Crippen LogP contribution in [0.4, 0.5) is 0 Å². The van der Waals surface area contributed by atoms with E-state index in [1.54, 1.807) is 0 Å². The molecule has 0 saturated carbocycles. The van der Waals surface area contributed by atoms with E-state index in [0.717, 1.165) is 37.1 Å². The number of nitriles is 1. The molecule has 2 aliphatic heterocycles. The highest BCUT2D eigenvalue weighted by Gasteiger charge is 2.49.